The summed E-state index contributed by atoms with van der Waals surface area (Å²) in [6, 6.07) is 7.30. The maximum atomic E-state index is 13.0. The molecule has 1 aliphatic carbocycles. The lowest BCUT2D eigenvalue weighted by Gasteiger charge is -2.34. The number of benzene rings is 1. The Morgan fingerprint density at radius 2 is 1.73 bits per heavy atom. The lowest BCUT2D eigenvalue weighted by atomic mass is 10.1. The Hall–Kier alpha value is -1.70. The van der Waals surface area contributed by atoms with Crippen molar-refractivity contribution in [3.8, 4) is 0 Å². The Labute approximate surface area is 158 Å². The van der Waals surface area contributed by atoms with Crippen molar-refractivity contribution < 1.29 is 8.42 Å². The van der Waals surface area contributed by atoms with Crippen LogP contribution in [0.2, 0.25) is 5.15 Å². The van der Waals surface area contributed by atoms with E-state index in [-0.39, 0.29) is 0 Å². The largest absolute Gasteiger partial charge is 0.354 e. The average molecular weight is 393 g/mol. The van der Waals surface area contributed by atoms with Crippen LogP contribution in [-0.4, -0.2) is 48.9 Å². The van der Waals surface area contributed by atoms with Gasteiger partial charge in [-0.2, -0.15) is 4.31 Å². The zero-order valence-electron chi connectivity index (χ0n) is 14.7. The molecule has 1 aromatic carbocycles. The molecule has 6 nitrogen and oxygen atoms in total. The summed E-state index contributed by atoms with van der Waals surface area (Å²) in [5, 5.41) is 0.403. The van der Waals surface area contributed by atoms with Crippen molar-refractivity contribution in [2.75, 3.05) is 31.1 Å². The summed E-state index contributed by atoms with van der Waals surface area (Å²) in [6.45, 7) is 3.82. The van der Waals surface area contributed by atoms with Crippen LogP contribution in [-0.2, 0) is 22.9 Å². The summed E-state index contributed by atoms with van der Waals surface area (Å²) in [7, 11) is -3.46. The molecule has 8 heteroatoms. The van der Waals surface area contributed by atoms with Crippen molar-refractivity contribution in [2.45, 2.75) is 31.1 Å². The minimum absolute atomic E-state index is 0.403. The molecule has 1 aliphatic heterocycles. The smallest absolute Gasteiger partial charge is 0.243 e. The highest BCUT2D eigenvalue weighted by molar-refractivity contribution is 7.89. The summed E-state index contributed by atoms with van der Waals surface area (Å²) in [6.07, 6.45) is 3.13. The molecule has 138 valence electrons. The van der Waals surface area contributed by atoms with E-state index in [1.807, 2.05) is 12.1 Å². The monoisotopic (exact) mass is 392 g/mol. The highest BCUT2D eigenvalue weighted by atomic mass is 35.5. The highest BCUT2D eigenvalue weighted by Crippen LogP contribution is 2.27. The van der Waals surface area contributed by atoms with Gasteiger partial charge in [0.25, 0.3) is 0 Å². The fraction of sp³-hybridized carbons (Fsp3) is 0.444. The van der Waals surface area contributed by atoms with E-state index < -0.39 is 10.0 Å². The number of rotatable bonds is 3. The SMILES string of the molecule is Cc1nc(Cl)cc(N2CCN(S(=O)(=O)c3ccc4c(c3)CCC4)CC2)n1. The van der Waals surface area contributed by atoms with Crippen molar-refractivity contribution in [3.05, 3.63) is 46.4 Å². The summed E-state index contributed by atoms with van der Waals surface area (Å²) in [5.74, 6) is 1.36. The second kappa shape index (κ2) is 6.79. The van der Waals surface area contributed by atoms with Crippen molar-refractivity contribution >= 4 is 27.4 Å². The first-order chi connectivity index (χ1) is 12.4. The third-order valence-corrected chi connectivity index (χ3v) is 7.15. The molecular weight excluding hydrogens is 372 g/mol. The Balaban J connectivity index is 1.50. The van der Waals surface area contributed by atoms with Crippen LogP contribution in [0.15, 0.2) is 29.2 Å². The van der Waals surface area contributed by atoms with Crippen LogP contribution in [0.5, 0.6) is 0 Å². The van der Waals surface area contributed by atoms with Gasteiger partial charge < -0.3 is 4.90 Å². The molecule has 0 saturated carbocycles. The van der Waals surface area contributed by atoms with Gasteiger partial charge in [-0.3, -0.25) is 0 Å². The van der Waals surface area contributed by atoms with Crippen LogP contribution >= 0.6 is 11.6 Å². The summed E-state index contributed by atoms with van der Waals surface area (Å²) in [4.78, 5) is 10.9. The highest BCUT2D eigenvalue weighted by Gasteiger charge is 2.30. The molecule has 1 saturated heterocycles. The predicted octanol–water partition coefficient (Wildman–Crippen LogP) is 2.44. The minimum atomic E-state index is -3.46. The topological polar surface area (TPSA) is 66.4 Å². The lowest BCUT2D eigenvalue weighted by Crippen LogP contribution is -2.49. The number of anilines is 1. The zero-order chi connectivity index (χ0) is 18.3. The number of fused-ring (bicyclic) bond motifs is 1. The number of aromatic nitrogens is 2. The molecule has 0 bridgehead atoms. The Bertz CT molecular complexity index is 920. The van der Waals surface area contributed by atoms with E-state index in [0.717, 1.165) is 25.1 Å². The van der Waals surface area contributed by atoms with Gasteiger partial charge in [0, 0.05) is 32.2 Å². The van der Waals surface area contributed by atoms with Crippen LogP contribution in [0, 0.1) is 6.92 Å². The Kier molecular flexibility index (Phi) is 4.62. The molecule has 2 aliphatic rings. The van der Waals surface area contributed by atoms with Gasteiger partial charge in [0.15, 0.2) is 0 Å². The van der Waals surface area contributed by atoms with E-state index in [1.54, 1.807) is 23.4 Å². The standard InChI is InChI=1S/C18H21ClN4O2S/c1-13-20-17(19)12-18(21-13)22-7-9-23(10-8-22)26(24,25)16-6-5-14-3-2-4-15(14)11-16/h5-6,11-12H,2-4,7-10H2,1H3. The quantitative estimate of drug-likeness (QED) is 0.750. The fourth-order valence-electron chi connectivity index (χ4n) is 3.69. The third-order valence-electron chi connectivity index (χ3n) is 5.06. The minimum Gasteiger partial charge on any atom is -0.354 e. The number of hydrogen-bond acceptors (Lipinski definition) is 5. The van der Waals surface area contributed by atoms with Gasteiger partial charge in [-0.25, -0.2) is 18.4 Å². The van der Waals surface area contributed by atoms with Crippen molar-refractivity contribution in [1.82, 2.24) is 14.3 Å². The van der Waals surface area contributed by atoms with E-state index in [2.05, 4.69) is 14.9 Å². The maximum Gasteiger partial charge on any atom is 0.243 e. The van der Waals surface area contributed by atoms with E-state index >= 15 is 0 Å². The molecule has 0 spiro atoms. The number of sulfonamides is 1. The number of aryl methyl sites for hydroxylation is 3. The molecule has 0 radical (unpaired) electrons. The molecule has 0 unspecified atom stereocenters. The zero-order valence-corrected chi connectivity index (χ0v) is 16.2. The molecule has 26 heavy (non-hydrogen) atoms. The molecule has 1 aromatic heterocycles. The molecule has 2 heterocycles. The Morgan fingerprint density at radius 3 is 2.46 bits per heavy atom. The van der Waals surface area contributed by atoms with Gasteiger partial charge in [-0.05, 0) is 49.4 Å². The lowest BCUT2D eigenvalue weighted by molar-refractivity contribution is 0.383. The van der Waals surface area contributed by atoms with E-state index in [9.17, 15) is 8.42 Å². The van der Waals surface area contributed by atoms with Crippen LogP contribution in [0.4, 0.5) is 5.82 Å². The van der Waals surface area contributed by atoms with Crippen LogP contribution in [0.1, 0.15) is 23.4 Å². The molecule has 0 N–H and O–H groups in total. The normalized spacial score (nSPS) is 18.2. The second-order valence-electron chi connectivity index (χ2n) is 6.77. The molecule has 2 aromatic rings. The van der Waals surface area contributed by atoms with Crippen molar-refractivity contribution in [3.63, 3.8) is 0 Å². The van der Waals surface area contributed by atoms with Crippen LogP contribution < -0.4 is 4.90 Å². The van der Waals surface area contributed by atoms with Crippen molar-refractivity contribution in [1.29, 1.82) is 0 Å². The van der Waals surface area contributed by atoms with Crippen LogP contribution in [0.25, 0.3) is 0 Å². The Morgan fingerprint density at radius 1 is 1.00 bits per heavy atom. The fourth-order valence-corrected chi connectivity index (χ4v) is 5.39. The average Bonchev–Trinajstić information content (AvgIpc) is 3.09. The summed E-state index contributed by atoms with van der Waals surface area (Å²) in [5.41, 5.74) is 2.46. The van der Waals surface area contributed by atoms with E-state index in [4.69, 9.17) is 11.6 Å². The first kappa shape index (κ1) is 17.7. The summed E-state index contributed by atoms with van der Waals surface area (Å²) < 4.78 is 27.6. The molecule has 1 fully saturated rings. The van der Waals surface area contributed by atoms with Gasteiger partial charge >= 0.3 is 0 Å². The number of piperazine rings is 1. The molecule has 0 atom stereocenters. The summed E-state index contributed by atoms with van der Waals surface area (Å²) >= 11 is 6.01. The number of halogens is 1. The van der Waals surface area contributed by atoms with Gasteiger partial charge in [-0.15, -0.1) is 0 Å². The van der Waals surface area contributed by atoms with Gasteiger partial charge in [0.1, 0.15) is 16.8 Å². The first-order valence-electron chi connectivity index (χ1n) is 8.81. The first-order valence-corrected chi connectivity index (χ1v) is 10.6. The maximum absolute atomic E-state index is 13.0. The molecule has 0 amide bonds. The van der Waals surface area contributed by atoms with Gasteiger partial charge in [0.2, 0.25) is 10.0 Å². The second-order valence-corrected chi connectivity index (χ2v) is 9.10. The van der Waals surface area contributed by atoms with Gasteiger partial charge in [-0.1, -0.05) is 17.7 Å². The van der Waals surface area contributed by atoms with Gasteiger partial charge in [0.05, 0.1) is 4.90 Å². The van der Waals surface area contributed by atoms with Crippen molar-refractivity contribution in [2.24, 2.45) is 0 Å². The van der Waals surface area contributed by atoms with E-state index in [1.165, 1.54) is 11.1 Å². The third kappa shape index (κ3) is 3.31. The van der Waals surface area contributed by atoms with Crippen LogP contribution in [0.3, 0.4) is 0 Å². The van der Waals surface area contributed by atoms with E-state index in [0.29, 0.717) is 42.1 Å². The number of nitrogens with zero attached hydrogens (tertiary/aromatic N) is 4. The predicted molar refractivity (Wildman–Crippen MR) is 101 cm³/mol. The number of hydrogen-bond donors (Lipinski definition) is 0. The molecule has 4 rings (SSSR count). The molecular formula is C18H21ClN4O2S.